The number of aryl methyl sites for hydroxylation is 3. The number of carbonyl (C=O) groups is 6. The molecule has 706 valence electrons. The zero-order valence-corrected chi connectivity index (χ0v) is 81.6. The highest BCUT2D eigenvalue weighted by atomic mass is 32.1. The van der Waals surface area contributed by atoms with Crippen molar-refractivity contribution in [3.8, 4) is 28.7 Å². The van der Waals surface area contributed by atoms with Gasteiger partial charge in [-0.25, -0.2) is 9.37 Å². The van der Waals surface area contributed by atoms with Gasteiger partial charge in [-0.1, -0.05) is 216 Å². The first-order valence-corrected chi connectivity index (χ1v) is 49.1. The normalized spacial score (nSPS) is 10.7. The third kappa shape index (κ3) is 39.8. The SMILES string of the molecule is CCCCC(CC)CCC(=O)CCc1cccc(OC)c1.CCCCN(Cc1cccs1)C(=O)COc1ccc(C)cc1.Cc1ccc(OCC(=O)N(c2ccccc2)C(C)C)cc1.O=C(COCc1ccccc1)N(Cc1cccs1)c1ccccc1.O=C(COc1ccc(F)cc1)N(Cc1cccs1)c1ccccn1.O=C(COc1ccccc1)N(Cc1cccs1)c1cccnc1. The number of ether oxygens (including phenoxy) is 6. The van der Waals surface area contributed by atoms with Crippen LogP contribution in [0.15, 0.2) is 337 Å². The molecule has 0 saturated carbocycles. The van der Waals surface area contributed by atoms with Crippen LogP contribution in [0.3, 0.4) is 0 Å². The predicted molar refractivity (Wildman–Crippen MR) is 547 cm³/mol. The minimum atomic E-state index is -0.346. The van der Waals surface area contributed by atoms with Crippen LogP contribution in [0.5, 0.6) is 28.7 Å². The Morgan fingerprint density at radius 2 is 0.852 bits per heavy atom. The van der Waals surface area contributed by atoms with E-state index >= 15 is 0 Å². The van der Waals surface area contributed by atoms with Gasteiger partial charge >= 0.3 is 0 Å². The fraction of sp³-hybridized carbons (Fsp3) is 0.279. The molecule has 24 heteroatoms. The third-order valence-corrected chi connectivity index (χ3v) is 24.4. The summed E-state index contributed by atoms with van der Waals surface area (Å²) < 4.78 is 46.0. The molecule has 6 heterocycles. The van der Waals surface area contributed by atoms with E-state index in [0.717, 1.165) is 93.3 Å². The van der Waals surface area contributed by atoms with Crippen LogP contribution >= 0.6 is 45.3 Å². The van der Waals surface area contributed by atoms with Crippen LogP contribution in [0.4, 0.5) is 27.3 Å². The Morgan fingerprint density at radius 1 is 0.400 bits per heavy atom. The summed E-state index contributed by atoms with van der Waals surface area (Å²) in [5.41, 5.74) is 7.14. The lowest BCUT2D eigenvalue weighted by Gasteiger charge is -2.26. The van der Waals surface area contributed by atoms with Crippen LogP contribution in [0.25, 0.3) is 0 Å². The number of methoxy groups -OCH3 is 1. The number of hydrogen-bond donors (Lipinski definition) is 0. The number of carbonyl (C=O) groups excluding carboxylic acids is 6. The number of Topliss-reactive ketones (excluding diaryl/α,β-unsaturated/α-hetero) is 1. The number of ketones is 1. The number of nitrogens with zero attached hydrogens (tertiary/aromatic N) is 7. The van der Waals surface area contributed by atoms with Crippen LogP contribution in [0.1, 0.15) is 134 Å². The number of thiophene rings is 4. The Hall–Kier alpha value is -13.2. The summed E-state index contributed by atoms with van der Waals surface area (Å²) in [6.07, 6.45) is 15.4. The van der Waals surface area contributed by atoms with E-state index in [1.807, 2.05) is 303 Å². The standard InChI is InChI=1S/C20H19NO2S.C19H30O2.C18H15FN2O2S.C18H16N2O2S.C18H23NO2S.C18H21NO2/c22-20(16-23-15-17-8-3-1-4-9-17)21(14-19-12-7-13-24-19)18-10-5-2-6-11-18;1-4-6-8-16(5-2)11-13-18(20)14-12-17-9-7-10-19(15-17)21-3;19-14-6-8-15(9-7-14)23-13-18(22)21(12-16-4-3-11-24-16)17-5-1-2-10-20-17;21-18(14-22-16-7-2-1-3-8-16)20(13-17-9-5-11-23-17)15-6-4-10-19-12-15;1-3-4-11-19(13-17-6-5-12-22-17)18(20)14-21-16-9-7-15(2)8-10-16;1-14(2)19(16-7-5-4-6-8-16)18(20)13-21-17-11-9-15(3)10-12-17/h1-13H,14-16H2;7,9-10,15-16H,4-6,8,11-14H2,1-3H3;1-11H,12-13H2;1-12H,13-14H2;5-10,12H,3-4,11,13-14H2,1-2H3;4-12,14H,13H2,1-3H3. The Morgan fingerprint density at radius 3 is 1.35 bits per heavy atom. The van der Waals surface area contributed by atoms with Crippen molar-refractivity contribution < 1.29 is 61.6 Å². The number of unbranched alkanes of at least 4 members (excludes halogenated alkanes) is 2. The summed E-state index contributed by atoms with van der Waals surface area (Å²) in [4.78, 5) is 96.3. The van der Waals surface area contributed by atoms with Gasteiger partial charge in [-0.05, 0) is 231 Å². The molecule has 19 nitrogen and oxygen atoms in total. The fourth-order valence-corrected chi connectivity index (χ4v) is 16.4. The van der Waals surface area contributed by atoms with Crippen LogP contribution < -0.4 is 43.3 Å². The maximum Gasteiger partial charge on any atom is 0.266 e. The van der Waals surface area contributed by atoms with Gasteiger partial charge in [0, 0.05) is 68.7 Å². The molecule has 0 radical (unpaired) electrons. The zero-order valence-electron chi connectivity index (χ0n) is 78.4. The molecule has 14 rings (SSSR count). The summed E-state index contributed by atoms with van der Waals surface area (Å²) in [7, 11) is 1.67. The van der Waals surface area contributed by atoms with Crippen molar-refractivity contribution in [3.63, 3.8) is 0 Å². The summed E-state index contributed by atoms with van der Waals surface area (Å²) >= 11 is 6.53. The highest BCUT2D eigenvalue weighted by Crippen LogP contribution is 2.27. The maximum absolute atomic E-state index is 12.9. The number of anilines is 4. The number of aromatic nitrogens is 2. The van der Waals surface area contributed by atoms with E-state index in [4.69, 9.17) is 28.4 Å². The summed E-state index contributed by atoms with van der Waals surface area (Å²) in [5.74, 6) is 4.44. The number of hydrogen-bond acceptors (Lipinski definition) is 18. The minimum absolute atomic E-state index is 0.00964. The molecule has 0 aliphatic heterocycles. The monoisotopic (exact) mass is 1890 g/mol. The molecule has 8 aromatic carbocycles. The molecule has 0 spiro atoms. The van der Waals surface area contributed by atoms with Gasteiger partial charge in [-0.2, -0.15) is 0 Å². The molecule has 0 bridgehead atoms. The molecule has 0 aliphatic carbocycles. The van der Waals surface area contributed by atoms with Crippen molar-refractivity contribution in [3.05, 3.63) is 385 Å². The molecule has 1 unspecified atom stereocenters. The van der Waals surface area contributed by atoms with E-state index in [1.165, 1.54) is 71.5 Å². The molecule has 135 heavy (non-hydrogen) atoms. The van der Waals surface area contributed by atoms with Gasteiger partial charge in [0.25, 0.3) is 29.5 Å². The molecule has 6 aromatic heterocycles. The van der Waals surface area contributed by atoms with Crippen LogP contribution in [0, 0.1) is 25.6 Å². The highest BCUT2D eigenvalue weighted by Gasteiger charge is 2.24. The fourth-order valence-electron chi connectivity index (χ4n) is 13.6. The van der Waals surface area contributed by atoms with E-state index in [2.05, 4.69) is 42.9 Å². The van der Waals surface area contributed by atoms with Gasteiger partial charge in [0.15, 0.2) is 26.4 Å². The van der Waals surface area contributed by atoms with Gasteiger partial charge in [0.05, 0.1) is 51.8 Å². The number of rotatable bonds is 43. The average Bonchev–Trinajstić information content (AvgIpc) is 1.42. The summed E-state index contributed by atoms with van der Waals surface area (Å²) in [6, 6.07) is 92.9. The largest absolute Gasteiger partial charge is 0.497 e. The van der Waals surface area contributed by atoms with E-state index < -0.39 is 0 Å². The van der Waals surface area contributed by atoms with Crippen molar-refractivity contribution in [1.29, 1.82) is 0 Å². The van der Waals surface area contributed by atoms with Crippen molar-refractivity contribution in [2.45, 2.75) is 152 Å². The Bertz CT molecular complexity index is 5590. The van der Waals surface area contributed by atoms with Gasteiger partial charge in [0.1, 0.15) is 52.8 Å². The number of para-hydroxylation sites is 3. The molecule has 0 aliphatic rings. The lowest BCUT2D eigenvalue weighted by atomic mass is 9.92. The molecular weight excluding hydrogens is 1770 g/mol. The predicted octanol–water partition coefficient (Wildman–Crippen LogP) is 25.4. The number of halogens is 1. The molecule has 5 amide bonds. The first kappa shape index (κ1) is 105. The van der Waals surface area contributed by atoms with E-state index in [-0.39, 0.29) is 74.4 Å². The highest BCUT2D eigenvalue weighted by molar-refractivity contribution is 7.10. The maximum atomic E-state index is 12.9. The van der Waals surface area contributed by atoms with E-state index in [1.54, 1.807) is 103 Å². The minimum Gasteiger partial charge on any atom is -0.497 e. The molecule has 0 saturated heterocycles. The average molecular weight is 1900 g/mol. The van der Waals surface area contributed by atoms with E-state index in [9.17, 15) is 33.2 Å². The van der Waals surface area contributed by atoms with Crippen molar-refractivity contribution in [2.24, 2.45) is 5.92 Å². The van der Waals surface area contributed by atoms with Crippen LogP contribution in [-0.2, 0) is 72.7 Å². The number of benzene rings is 8. The Labute approximate surface area is 811 Å². The quantitative estimate of drug-likeness (QED) is 0.0349. The van der Waals surface area contributed by atoms with Gasteiger partial charge in [0.2, 0.25) is 0 Å². The Balaban J connectivity index is 0.000000182. The second-order valence-electron chi connectivity index (χ2n) is 31.7. The molecular formula is C111H124FN7O12S4. The van der Waals surface area contributed by atoms with Gasteiger partial charge in [-0.15, -0.1) is 45.3 Å². The number of pyridine rings is 2. The van der Waals surface area contributed by atoms with Crippen LogP contribution in [-0.4, -0.2) is 103 Å². The first-order chi connectivity index (χ1) is 65.8. The van der Waals surface area contributed by atoms with Crippen molar-refractivity contribution >= 4 is 104 Å². The second-order valence-corrected chi connectivity index (χ2v) is 35.9. The topological polar surface area (TPSA) is 200 Å². The van der Waals surface area contributed by atoms with Crippen molar-refractivity contribution in [2.75, 3.05) is 66.3 Å². The molecule has 14 aromatic rings. The second kappa shape index (κ2) is 60.8. The smallest absolute Gasteiger partial charge is 0.266 e. The van der Waals surface area contributed by atoms with E-state index in [0.29, 0.717) is 68.1 Å². The lowest BCUT2D eigenvalue weighted by molar-refractivity contribution is -0.134. The lowest BCUT2D eigenvalue weighted by Crippen LogP contribution is -2.40. The Kier molecular flexibility index (Phi) is 47.5. The molecule has 0 N–H and O–H groups in total. The summed E-state index contributed by atoms with van der Waals surface area (Å²) in [6.45, 7) is 18.1. The van der Waals surface area contributed by atoms with Gasteiger partial charge in [-0.3, -0.25) is 38.7 Å². The molecule has 1 atom stereocenters. The third-order valence-electron chi connectivity index (χ3n) is 21.0. The first-order valence-electron chi connectivity index (χ1n) is 45.6. The molecule has 0 fully saturated rings. The van der Waals surface area contributed by atoms with Crippen molar-refractivity contribution in [1.82, 2.24) is 14.9 Å². The van der Waals surface area contributed by atoms with Gasteiger partial charge < -0.3 is 48.0 Å². The van der Waals surface area contributed by atoms with Crippen LogP contribution in [0.2, 0.25) is 0 Å². The zero-order chi connectivity index (χ0) is 95.8. The number of amides is 5. The summed E-state index contributed by atoms with van der Waals surface area (Å²) in [5, 5.41) is 8.03.